The van der Waals surface area contributed by atoms with E-state index in [-0.39, 0.29) is 17.3 Å². The average Bonchev–Trinajstić information content (AvgIpc) is 2.59. The Hall–Kier alpha value is -1.70. The molecule has 134 valence electrons. The van der Waals surface area contributed by atoms with Gasteiger partial charge in [-0.05, 0) is 30.9 Å². The maximum Gasteiger partial charge on any atom is 0.345 e. The molecule has 0 amide bonds. The summed E-state index contributed by atoms with van der Waals surface area (Å²) in [6.07, 6.45) is 1.82. The van der Waals surface area contributed by atoms with Crippen molar-refractivity contribution in [3.8, 4) is 5.75 Å². The Morgan fingerprint density at radius 3 is 2.68 bits per heavy atom. The van der Waals surface area contributed by atoms with Crippen molar-refractivity contribution >= 4 is 46.8 Å². The maximum atomic E-state index is 12.2. The quantitative estimate of drug-likeness (QED) is 0.320. The molecular formula is C16H17Cl2N3O3S. The summed E-state index contributed by atoms with van der Waals surface area (Å²) in [5, 5.41) is 4.10. The van der Waals surface area contributed by atoms with Gasteiger partial charge >= 0.3 is 5.97 Å². The third-order valence-corrected chi connectivity index (χ3v) is 4.30. The molecule has 1 aromatic heterocycles. The van der Waals surface area contributed by atoms with Gasteiger partial charge in [-0.25, -0.2) is 14.8 Å². The molecule has 0 fully saturated rings. The summed E-state index contributed by atoms with van der Waals surface area (Å²) in [6, 6.07) is 5.40. The van der Waals surface area contributed by atoms with Crippen molar-refractivity contribution in [3.05, 3.63) is 39.5 Å². The molecule has 1 aromatic carbocycles. The highest BCUT2D eigenvalue weighted by Gasteiger charge is 2.21. The lowest BCUT2D eigenvalue weighted by Crippen LogP contribution is -2.14. The first-order chi connectivity index (χ1) is 12.0. The Morgan fingerprint density at radius 2 is 2.08 bits per heavy atom. The molecule has 9 heteroatoms. The van der Waals surface area contributed by atoms with E-state index in [1.165, 1.54) is 11.8 Å². The predicted octanol–water partition coefficient (Wildman–Crippen LogP) is 4.30. The van der Waals surface area contributed by atoms with Gasteiger partial charge < -0.3 is 14.8 Å². The van der Waals surface area contributed by atoms with Crippen molar-refractivity contribution in [2.24, 2.45) is 0 Å². The fourth-order valence-corrected chi connectivity index (χ4v) is 2.97. The summed E-state index contributed by atoms with van der Waals surface area (Å²) < 4.78 is 10.2. The number of carbonyl (C=O) groups excluding carboxylic acids is 1. The van der Waals surface area contributed by atoms with Crippen LogP contribution in [0.5, 0.6) is 5.75 Å². The number of hydrogen-bond donors (Lipinski definition) is 1. The summed E-state index contributed by atoms with van der Waals surface area (Å²) in [7, 11) is 1.55. The highest BCUT2D eigenvalue weighted by Crippen LogP contribution is 2.28. The molecule has 0 aliphatic heterocycles. The number of thioether (sulfide) groups is 1. The van der Waals surface area contributed by atoms with Crippen molar-refractivity contribution in [2.45, 2.75) is 18.6 Å². The number of anilines is 1. The molecule has 2 aromatic rings. The van der Waals surface area contributed by atoms with Gasteiger partial charge in [-0.1, -0.05) is 41.0 Å². The van der Waals surface area contributed by atoms with Crippen molar-refractivity contribution < 1.29 is 14.3 Å². The molecule has 0 aliphatic rings. The van der Waals surface area contributed by atoms with Crippen LogP contribution in [0, 0.1) is 0 Å². The third kappa shape index (κ3) is 4.90. The molecule has 0 aliphatic carbocycles. The molecule has 0 saturated carbocycles. The third-order valence-electron chi connectivity index (χ3n) is 3.18. The van der Waals surface area contributed by atoms with E-state index >= 15 is 0 Å². The SMILES string of the molecule is CCOC(=O)c1c(Cl)nc(SC)nc1NCc1ccc(OC)c(Cl)c1. The number of halogens is 2. The second-order valence-corrected chi connectivity index (χ2v) is 6.31. The molecule has 0 spiro atoms. The number of benzene rings is 1. The van der Waals surface area contributed by atoms with Crippen molar-refractivity contribution in [1.82, 2.24) is 9.97 Å². The van der Waals surface area contributed by atoms with Crippen LogP contribution in [0.25, 0.3) is 0 Å². The van der Waals surface area contributed by atoms with Crippen molar-refractivity contribution in [1.29, 1.82) is 0 Å². The van der Waals surface area contributed by atoms with Gasteiger partial charge in [-0.2, -0.15) is 0 Å². The summed E-state index contributed by atoms with van der Waals surface area (Å²) >= 11 is 13.6. The molecule has 6 nitrogen and oxygen atoms in total. The van der Waals surface area contributed by atoms with Gasteiger partial charge in [0.15, 0.2) is 5.16 Å². The van der Waals surface area contributed by atoms with Crippen LogP contribution in [0.4, 0.5) is 5.82 Å². The van der Waals surface area contributed by atoms with Crippen LogP contribution < -0.4 is 10.1 Å². The second-order valence-electron chi connectivity index (χ2n) is 4.77. The molecule has 1 N–H and O–H groups in total. The van der Waals surface area contributed by atoms with E-state index in [2.05, 4.69) is 15.3 Å². The summed E-state index contributed by atoms with van der Waals surface area (Å²) in [4.78, 5) is 20.6. The van der Waals surface area contributed by atoms with Gasteiger partial charge in [0.1, 0.15) is 22.3 Å². The standard InChI is InChI=1S/C16H17Cl2N3O3S/c1-4-24-15(22)12-13(18)20-16(25-3)21-14(12)19-8-9-5-6-11(23-2)10(17)7-9/h5-7H,4,8H2,1-3H3,(H,19,20,21). The Bertz CT molecular complexity index is 775. The summed E-state index contributed by atoms with van der Waals surface area (Å²) in [5.41, 5.74) is 1.00. The lowest BCUT2D eigenvalue weighted by Gasteiger charge is -2.13. The fraction of sp³-hybridized carbons (Fsp3) is 0.312. The second kappa shape index (κ2) is 9.12. The van der Waals surface area contributed by atoms with Crippen LogP contribution in [-0.2, 0) is 11.3 Å². The Morgan fingerprint density at radius 1 is 1.32 bits per heavy atom. The lowest BCUT2D eigenvalue weighted by molar-refractivity contribution is 0.0526. The first kappa shape index (κ1) is 19.6. The van der Waals surface area contributed by atoms with Gasteiger partial charge in [-0.3, -0.25) is 0 Å². The number of rotatable bonds is 7. The fourth-order valence-electron chi connectivity index (χ4n) is 2.02. The van der Waals surface area contributed by atoms with E-state index in [1.807, 2.05) is 12.3 Å². The van der Waals surface area contributed by atoms with E-state index in [0.717, 1.165) is 5.56 Å². The molecule has 0 radical (unpaired) electrons. The number of methoxy groups -OCH3 is 1. The van der Waals surface area contributed by atoms with Gasteiger partial charge in [0.2, 0.25) is 0 Å². The van der Waals surface area contributed by atoms with E-state index in [4.69, 9.17) is 32.7 Å². The highest BCUT2D eigenvalue weighted by atomic mass is 35.5. The van der Waals surface area contributed by atoms with E-state index in [1.54, 1.807) is 26.2 Å². The Kier molecular flexibility index (Phi) is 7.16. The monoisotopic (exact) mass is 401 g/mol. The first-order valence-electron chi connectivity index (χ1n) is 7.35. The number of esters is 1. The molecule has 25 heavy (non-hydrogen) atoms. The zero-order valence-electron chi connectivity index (χ0n) is 13.9. The summed E-state index contributed by atoms with van der Waals surface area (Å²) in [5.74, 6) is 0.331. The van der Waals surface area contributed by atoms with E-state index in [9.17, 15) is 4.79 Å². The molecular weight excluding hydrogens is 385 g/mol. The van der Waals surface area contributed by atoms with Crippen LogP contribution in [-0.4, -0.2) is 35.9 Å². The topological polar surface area (TPSA) is 73.3 Å². The van der Waals surface area contributed by atoms with Crippen molar-refractivity contribution in [3.63, 3.8) is 0 Å². The van der Waals surface area contributed by atoms with E-state index < -0.39 is 5.97 Å². The maximum absolute atomic E-state index is 12.2. The molecule has 1 heterocycles. The minimum atomic E-state index is -0.574. The van der Waals surface area contributed by atoms with Crippen LogP contribution in [0.1, 0.15) is 22.8 Å². The molecule has 0 atom stereocenters. The largest absolute Gasteiger partial charge is 0.495 e. The minimum Gasteiger partial charge on any atom is -0.495 e. The van der Waals surface area contributed by atoms with Crippen LogP contribution in [0.2, 0.25) is 10.2 Å². The highest BCUT2D eigenvalue weighted by molar-refractivity contribution is 7.98. The summed E-state index contributed by atoms with van der Waals surface area (Å²) in [6.45, 7) is 2.33. The van der Waals surface area contributed by atoms with Gasteiger partial charge in [0.25, 0.3) is 0 Å². The number of nitrogens with zero attached hydrogens (tertiary/aromatic N) is 2. The van der Waals surface area contributed by atoms with Gasteiger partial charge in [0, 0.05) is 6.54 Å². The molecule has 0 bridgehead atoms. The zero-order chi connectivity index (χ0) is 18.4. The normalized spacial score (nSPS) is 10.4. The zero-order valence-corrected chi connectivity index (χ0v) is 16.3. The first-order valence-corrected chi connectivity index (χ1v) is 9.33. The number of nitrogens with one attached hydrogen (secondary N) is 1. The molecule has 0 unspecified atom stereocenters. The Balaban J connectivity index is 2.29. The number of carbonyl (C=O) groups is 1. The van der Waals surface area contributed by atoms with Crippen LogP contribution in [0.3, 0.4) is 0 Å². The number of hydrogen-bond acceptors (Lipinski definition) is 7. The number of aromatic nitrogens is 2. The average molecular weight is 402 g/mol. The predicted molar refractivity (Wildman–Crippen MR) is 100 cm³/mol. The van der Waals surface area contributed by atoms with Crippen molar-refractivity contribution in [2.75, 3.05) is 25.3 Å². The van der Waals surface area contributed by atoms with Gasteiger partial charge in [0.05, 0.1) is 18.7 Å². The lowest BCUT2D eigenvalue weighted by atomic mass is 10.2. The smallest absolute Gasteiger partial charge is 0.345 e. The minimum absolute atomic E-state index is 0.0491. The Labute approximate surface area is 160 Å². The van der Waals surface area contributed by atoms with Crippen LogP contribution in [0.15, 0.2) is 23.4 Å². The molecule has 0 saturated heterocycles. The van der Waals surface area contributed by atoms with E-state index in [0.29, 0.717) is 28.3 Å². The van der Waals surface area contributed by atoms with Crippen LogP contribution >= 0.6 is 35.0 Å². The number of ether oxygens (including phenoxy) is 2. The van der Waals surface area contributed by atoms with Gasteiger partial charge in [-0.15, -0.1) is 0 Å². The molecule has 2 rings (SSSR count).